The predicted molar refractivity (Wildman–Crippen MR) is 103 cm³/mol. The first kappa shape index (κ1) is 14.8. The summed E-state index contributed by atoms with van der Waals surface area (Å²) in [7, 11) is 0. The normalized spacial score (nSPS) is 13.1. The van der Waals surface area contributed by atoms with Gasteiger partial charge >= 0.3 is 0 Å². The third kappa shape index (κ3) is 3.11. The second-order valence-electron chi connectivity index (χ2n) is 6.26. The summed E-state index contributed by atoms with van der Waals surface area (Å²) in [4.78, 5) is 2.40. The number of aryl methyl sites for hydroxylation is 1. The van der Waals surface area contributed by atoms with Gasteiger partial charge in [0.15, 0.2) is 0 Å². The Hall–Kier alpha value is -2.80. The molecule has 0 amide bonds. The topological polar surface area (TPSA) is 3.24 Å². The number of para-hydroxylation sites is 2. The van der Waals surface area contributed by atoms with Crippen molar-refractivity contribution in [3.8, 4) is 0 Å². The zero-order valence-corrected chi connectivity index (χ0v) is 13.7. The first-order valence-corrected chi connectivity index (χ1v) is 8.55. The number of benzene rings is 3. The molecule has 0 fully saturated rings. The third-order valence-electron chi connectivity index (χ3n) is 4.63. The van der Waals surface area contributed by atoms with E-state index in [-0.39, 0.29) is 0 Å². The van der Waals surface area contributed by atoms with E-state index in [0.29, 0.717) is 0 Å². The molecule has 118 valence electrons. The van der Waals surface area contributed by atoms with Crippen molar-refractivity contribution in [3.63, 3.8) is 0 Å². The minimum Gasteiger partial charge on any atom is -0.337 e. The van der Waals surface area contributed by atoms with Gasteiger partial charge in [0.2, 0.25) is 0 Å². The summed E-state index contributed by atoms with van der Waals surface area (Å²) < 4.78 is 0. The first-order valence-electron chi connectivity index (χ1n) is 8.55. The van der Waals surface area contributed by atoms with Gasteiger partial charge in [0.1, 0.15) is 0 Å². The molecule has 0 saturated heterocycles. The molecular formula is C23H21N. The molecule has 0 N–H and O–H groups in total. The maximum absolute atomic E-state index is 2.40. The number of fused-ring (bicyclic) bond motifs is 1. The van der Waals surface area contributed by atoms with E-state index < -0.39 is 0 Å². The highest BCUT2D eigenvalue weighted by Gasteiger charge is 2.15. The van der Waals surface area contributed by atoms with Crippen molar-refractivity contribution < 1.29 is 0 Å². The van der Waals surface area contributed by atoms with Gasteiger partial charge in [-0.1, -0.05) is 66.7 Å². The van der Waals surface area contributed by atoms with Gasteiger partial charge in [-0.05, 0) is 53.8 Å². The maximum atomic E-state index is 2.40. The van der Waals surface area contributed by atoms with Gasteiger partial charge in [-0.3, -0.25) is 0 Å². The molecule has 0 unspecified atom stereocenters. The van der Waals surface area contributed by atoms with Crippen molar-refractivity contribution in [2.45, 2.75) is 12.8 Å². The van der Waals surface area contributed by atoms with Crippen LogP contribution in [-0.2, 0) is 6.42 Å². The Kier molecular flexibility index (Phi) is 4.16. The van der Waals surface area contributed by atoms with Gasteiger partial charge in [-0.2, -0.15) is 0 Å². The van der Waals surface area contributed by atoms with E-state index in [1.165, 1.54) is 28.1 Å². The van der Waals surface area contributed by atoms with Gasteiger partial charge in [0, 0.05) is 17.9 Å². The lowest BCUT2D eigenvalue weighted by Crippen LogP contribution is -2.21. The molecule has 1 aliphatic carbocycles. The van der Waals surface area contributed by atoms with Crippen LogP contribution in [0, 0.1) is 0 Å². The fraction of sp³-hybridized carbons (Fsp3) is 0.130. The fourth-order valence-electron chi connectivity index (χ4n) is 3.37. The molecular weight excluding hydrogens is 290 g/mol. The summed E-state index contributed by atoms with van der Waals surface area (Å²) in [6.45, 7) is 0.933. The zero-order chi connectivity index (χ0) is 16.2. The molecule has 1 heteroatoms. The maximum Gasteiger partial charge on any atom is 0.0444 e. The second-order valence-corrected chi connectivity index (χ2v) is 6.26. The van der Waals surface area contributed by atoms with Crippen molar-refractivity contribution in [2.24, 2.45) is 0 Å². The highest BCUT2D eigenvalue weighted by atomic mass is 15.1. The lowest BCUT2D eigenvalue weighted by molar-refractivity contribution is 0.876. The van der Waals surface area contributed by atoms with Crippen LogP contribution in [0.3, 0.4) is 0 Å². The monoisotopic (exact) mass is 311 g/mol. The molecule has 0 saturated carbocycles. The van der Waals surface area contributed by atoms with Crippen molar-refractivity contribution >= 4 is 17.5 Å². The van der Waals surface area contributed by atoms with Crippen LogP contribution in [0.2, 0.25) is 0 Å². The van der Waals surface area contributed by atoms with E-state index in [9.17, 15) is 0 Å². The standard InChI is InChI=1S/C23H21N/c1-3-11-22(12-4-1)24(23-13-5-2-6-14-23)18-19-15-16-20-9-7-8-10-21(20)17-19/h1-14,17H,15-16,18H2. The van der Waals surface area contributed by atoms with Crippen LogP contribution < -0.4 is 4.90 Å². The SMILES string of the molecule is C1=C(CN(c2ccccc2)c2ccccc2)CCc2ccccc21. The average molecular weight is 311 g/mol. The van der Waals surface area contributed by atoms with Crippen LogP contribution in [0.5, 0.6) is 0 Å². The van der Waals surface area contributed by atoms with Gasteiger partial charge in [0.25, 0.3) is 0 Å². The second kappa shape index (κ2) is 6.76. The molecule has 0 radical (unpaired) electrons. The number of hydrogen-bond acceptors (Lipinski definition) is 1. The summed E-state index contributed by atoms with van der Waals surface area (Å²) in [6.07, 6.45) is 4.64. The molecule has 3 aromatic rings. The average Bonchev–Trinajstić information content (AvgIpc) is 2.67. The largest absolute Gasteiger partial charge is 0.337 e. The van der Waals surface area contributed by atoms with Crippen LogP contribution >= 0.6 is 0 Å². The van der Waals surface area contributed by atoms with Gasteiger partial charge in [0.05, 0.1) is 0 Å². The third-order valence-corrected chi connectivity index (χ3v) is 4.63. The molecule has 0 bridgehead atoms. The van der Waals surface area contributed by atoms with E-state index >= 15 is 0 Å². The van der Waals surface area contributed by atoms with Gasteiger partial charge in [-0.25, -0.2) is 0 Å². The minimum atomic E-state index is 0.933. The van der Waals surface area contributed by atoms with E-state index in [1.807, 2.05) is 0 Å². The van der Waals surface area contributed by atoms with Crippen molar-refractivity contribution in [1.29, 1.82) is 0 Å². The summed E-state index contributed by atoms with van der Waals surface area (Å²) in [6, 6.07) is 30.0. The molecule has 3 aromatic carbocycles. The molecule has 0 aliphatic heterocycles. The quantitative estimate of drug-likeness (QED) is 0.584. The Morgan fingerprint density at radius 3 is 1.88 bits per heavy atom. The molecule has 0 spiro atoms. The summed E-state index contributed by atoms with van der Waals surface area (Å²) in [5.41, 5.74) is 6.81. The molecule has 4 rings (SSSR count). The molecule has 0 atom stereocenters. The molecule has 0 heterocycles. The fourth-order valence-corrected chi connectivity index (χ4v) is 3.37. The Morgan fingerprint density at radius 1 is 0.625 bits per heavy atom. The minimum absolute atomic E-state index is 0.933. The van der Waals surface area contributed by atoms with Crippen LogP contribution in [0.25, 0.3) is 6.08 Å². The lowest BCUT2D eigenvalue weighted by atomic mass is 9.92. The highest BCUT2D eigenvalue weighted by Crippen LogP contribution is 2.30. The zero-order valence-electron chi connectivity index (χ0n) is 13.7. The first-order chi connectivity index (χ1) is 11.9. The number of anilines is 2. The van der Waals surface area contributed by atoms with Crippen molar-refractivity contribution in [3.05, 3.63) is 102 Å². The Balaban J connectivity index is 1.67. The number of hydrogen-bond donors (Lipinski definition) is 0. The van der Waals surface area contributed by atoms with Crippen molar-refractivity contribution in [2.75, 3.05) is 11.4 Å². The van der Waals surface area contributed by atoms with E-state index in [2.05, 4.69) is 95.9 Å². The van der Waals surface area contributed by atoms with Crippen molar-refractivity contribution in [1.82, 2.24) is 0 Å². The molecule has 0 aromatic heterocycles. The summed E-state index contributed by atoms with van der Waals surface area (Å²) in [5, 5.41) is 0. The van der Waals surface area contributed by atoms with Gasteiger partial charge in [-0.15, -0.1) is 0 Å². The van der Waals surface area contributed by atoms with Crippen LogP contribution in [0.1, 0.15) is 17.5 Å². The number of nitrogens with zero attached hydrogens (tertiary/aromatic N) is 1. The Morgan fingerprint density at radius 2 is 1.21 bits per heavy atom. The summed E-state index contributed by atoms with van der Waals surface area (Å²) in [5.74, 6) is 0. The molecule has 1 nitrogen and oxygen atoms in total. The van der Waals surface area contributed by atoms with Crippen LogP contribution in [-0.4, -0.2) is 6.54 Å². The number of rotatable bonds is 4. The summed E-state index contributed by atoms with van der Waals surface area (Å²) >= 11 is 0. The lowest BCUT2D eigenvalue weighted by Gasteiger charge is -2.28. The predicted octanol–water partition coefficient (Wildman–Crippen LogP) is 5.85. The molecule has 24 heavy (non-hydrogen) atoms. The van der Waals surface area contributed by atoms with Crippen LogP contribution in [0.15, 0.2) is 90.5 Å². The van der Waals surface area contributed by atoms with Gasteiger partial charge < -0.3 is 4.90 Å². The highest BCUT2D eigenvalue weighted by molar-refractivity contribution is 5.67. The Labute approximate surface area is 143 Å². The Bertz CT molecular complexity index is 795. The molecule has 1 aliphatic rings. The van der Waals surface area contributed by atoms with Crippen LogP contribution in [0.4, 0.5) is 11.4 Å². The smallest absolute Gasteiger partial charge is 0.0444 e. The van der Waals surface area contributed by atoms with E-state index in [4.69, 9.17) is 0 Å². The van der Waals surface area contributed by atoms with E-state index in [0.717, 1.165) is 19.4 Å². The van der Waals surface area contributed by atoms with E-state index in [1.54, 1.807) is 0 Å².